The first-order valence-corrected chi connectivity index (χ1v) is 8.71. The summed E-state index contributed by atoms with van der Waals surface area (Å²) in [7, 11) is 3.30. The maximum Gasteiger partial charge on any atom is 0.401 e. The molecule has 0 spiro atoms. The van der Waals surface area contributed by atoms with Crippen molar-refractivity contribution in [3.63, 3.8) is 0 Å². The first-order chi connectivity index (χ1) is 12.3. The zero-order chi connectivity index (χ0) is 19.2. The molecule has 0 aliphatic carbocycles. The fourth-order valence-electron chi connectivity index (χ4n) is 3.17. The third-order valence-electron chi connectivity index (χ3n) is 4.49. The highest BCUT2D eigenvalue weighted by atomic mass is 19.4. The number of nitrogens with zero attached hydrogens (tertiary/aromatic N) is 2. The molecule has 1 heterocycles. The number of ether oxygens (including phenoxy) is 1. The van der Waals surface area contributed by atoms with Crippen molar-refractivity contribution in [2.45, 2.75) is 31.5 Å². The van der Waals surface area contributed by atoms with Gasteiger partial charge in [-0.3, -0.25) is 9.89 Å². The van der Waals surface area contributed by atoms with Gasteiger partial charge >= 0.3 is 6.18 Å². The van der Waals surface area contributed by atoms with Gasteiger partial charge in [0.05, 0.1) is 13.7 Å². The van der Waals surface area contributed by atoms with E-state index in [9.17, 15) is 13.2 Å². The molecule has 0 radical (unpaired) electrons. The largest absolute Gasteiger partial charge is 0.496 e. The zero-order valence-electron chi connectivity index (χ0n) is 15.4. The van der Waals surface area contributed by atoms with Gasteiger partial charge in [0, 0.05) is 38.6 Å². The Morgan fingerprint density at radius 2 is 2.12 bits per heavy atom. The molecule has 0 aromatic heterocycles. The maximum absolute atomic E-state index is 12.5. The highest BCUT2D eigenvalue weighted by molar-refractivity contribution is 5.80. The van der Waals surface area contributed by atoms with E-state index in [1.54, 1.807) is 14.2 Å². The fourth-order valence-corrected chi connectivity index (χ4v) is 3.17. The van der Waals surface area contributed by atoms with Gasteiger partial charge in [-0.15, -0.1) is 0 Å². The summed E-state index contributed by atoms with van der Waals surface area (Å²) >= 11 is 0. The number of methoxy groups -OCH3 is 1. The second kappa shape index (κ2) is 9.12. The van der Waals surface area contributed by atoms with E-state index in [0.29, 0.717) is 32.0 Å². The summed E-state index contributed by atoms with van der Waals surface area (Å²) < 4.78 is 42.9. The van der Waals surface area contributed by atoms with Crippen molar-refractivity contribution < 1.29 is 17.9 Å². The van der Waals surface area contributed by atoms with Crippen molar-refractivity contribution in [3.05, 3.63) is 29.8 Å². The molecule has 2 rings (SSSR count). The van der Waals surface area contributed by atoms with Crippen LogP contribution in [0.25, 0.3) is 0 Å². The van der Waals surface area contributed by atoms with Crippen LogP contribution in [0.1, 0.15) is 24.8 Å². The minimum atomic E-state index is -4.15. The molecule has 2 N–H and O–H groups in total. The molecule has 1 aliphatic heterocycles. The summed E-state index contributed by atoms with van der Waals surface area (Å²) in [5, 5.41) is 6.47. The summed E-state index contributed by atoms with van der Waals surface area (Å²) in [5.74, 6) is 1.63. The number of alkyl halides is 3. The van der Waals surface area contributed by atoms with E-state index in [2.05, 4.69) is 22.5 Å². The Kier molecular flexibility index (Phi) is 7.14. The smallest absolute Gasteiger partial charge is 0.401 e. The molecule has 8 heteroatoms. The Morgan fingerprint density at radius 3 is 2.77 bits per heavy atom. The van der Waals surface area contributed by atoms with Crippen molar-refractivity contribution in [3.8, 4) is 5.75 Å². The summed E-state index contributed by atoms with van der Waals surface area (Å²) in [5.41, 5.74) is 1.09. The molecule has 1 aliphatic rings. The van der Waals surface area contributed by atoms with Crippen LogP contribution in [-0.4, -0.2) is 63.4 Å². The highest BCUT2D eigenvalue weighted by Gasteiger charge is 2.34. The van der Waals surface area contributed by atoms with Gasteiger partial charge in [-0.2, -0.15) is 13.2 Å². The fraction of sp³-hybridized carbons (Fsp3) is 0.611. The van der Waals surface area contributed by atoms with Crippen LogP contribution < -0.4 is 15.4 Å². The van der Waals surface area contributed by atoms with Gasteiger partial charge in [-0.25, -0.2) is 0 Å². The van der Waals surface area contributed by atoms with Gasteiger partial charge in [0.25, 0.3) is 0 Å². The zero-order valence-corrected chi connectivity index (χ0v) is 15.4. The van der Waals surface area contributed by atoms with E-state index in [1.165, 1.54) is 4.90 Å². The summed E-state index contributed by atoms with van der Waals surface area (Å²) in [6, 6.07) is 7.80. The Balaban J connectivity index is 1.83. The van der Waals surface area contributed by atoms with Gasteiger partial charge < -0.3 is 15.4 Å². The van der Waals surface area contributed by atoms with Crippen LogP contribution in [0.4, 0.5) is 13.2 Å². The van der Waals surface area contributed by atoms with Crippen molar-refractivity contribution >= 4 is 5.96 Å². The van der Waals surface area contributed by atoms with Crippen LogP contribution in [0, 0.1) is 0 Å². The van der Waals surface area contributed by atoms with E-state index < -0.39 is 12.7 Å². The van der Waals surface area contributed by atoms with Crippen molar-refractivity contribution in [2.75, 3.05) is 40.3 Å². The molecule has 146 valence electrons. The van der Waals surface area contributed by atoms with Crippen LogP contribution in [0.5, 0.6) is 5.75 Å². The van der Waals surface area contributed by atoms with E-state index in [4.69, 9.17) is 4.74 Å². The number of aliphatic imine (C=N–C) groups is 1. The van der Waals surface area contributed by atoms with Crippen molar-refractivity contribution in [1.82, 2.24) is 15.5 Å². The predicted octanol–water partition coefficient (Wildman–Crippen LogP) is 2.60. The van der Waals surface area contributed by atoms with Gasteiger partial charge in [0.1, 0.15) is 5.75 Å². The third-order valence-corrected chi connectivity index (χ3v) is 4.49. The molecule has 1 aromatic carbocycles. The number of benzene rings is 1. The van der Waals surface area contributed by atoms with Crippen LogP contribution in [0.2, 0.25) is 0 Å². The van der Waals surface area contributed by atoms with Crippen LogP contribution in [0.3, 0.4) is 0 Å². The number of hydrogen-bond donors (Lipinski definition) is 2. The Bertz CT molecular complexity index is 606. The Labute approximate surface area is 152 Å². The SMILES string of the molecule is CN=C(NCC(C)c1ccccc1OC)NC1CCN(CC(F)(F)F)C1. The number of guanidine groups is 1. The first-order valence-electron chi connectivity index (χ1n) is 8.71. The molecular weight excluding hydrogens is 345 g/mol. The lowest BCUT2D eigenvalue weighted by molar-refractivity contribution is -0.143. The summed E-state index contributed by atoms with van der Waals surface area (Å²) in [4.78, 5) is 5.60. The van der Waals surface area contributed by atoms with E-state index >= 15 is 0 Å². The second-order valence-electron chi connectivity index (χ2n) is 6.58. The van der Waals surface area contributed by atoms with Crippen molar-refractivity contribution in [1.29, 1.82) is 0 Å². The predicted molar refractivity (Wildman–Crippen MR) is 96.8 cm³/mol. The van der Waals surface area contributed by atoms with Crippen LogP contribution in [-0.2, 0) is 0 Å². The summed E-state index contributed by atoms with van der Waals surface area (Å²) in [6.45, 7) is 2.66. The maximum atomic E-state index is 12.5. The molecule has 1 saturated heterocycles. The van der Waals surface area contributed by atoms with Crippen LogP contribution in [0.15, 0.2) is 29.3 Å². The lowest BCUT2D eigenvalue weighted by Gasteiger charge is -2.21. The number of rotatable bonds is 6. The minimum Gasteiger partial charge on any atom is -0.496 e. The van der Waals surface area contributed by atoms with E-state index in [-0.39, 0.29) is 12.0 Å². The average molecular weight is 372 g/mol. The molecule has 1 fully saturated rings. The monoisotopic (exact) mass is 372 g/mol. The number of halogens is 3. The Hall–Kier alpha value is -1.96. The lowest BCUT2D eigenvalue weighted by atomic mass is 10.0. The minimum absolute atomic E-state index is 0.0369. The molecule has 0 bridgehead atoms. The van der Waals surface area contributed by atoms with E-state index in [1.807, 2.05) is 24.3 Å². The van der Waals surface area contributed by atoms with Gasteiger partial charge in [-0.05, 0) is 18.1 Å². The second-order valence-corrected chi connectivity index (χ2v) is 6.58. The molecule has 26 heavy (non-hydrogen) atoms. The molecule has 0 amide bonds. The highest BCUT2D eigenvalue weighted by Crippen LogP contribution is 2.25. The molecule has 1 aromatic rings. The number of hydrogen-bond acceptors (Lipinski definition) is 3. The lowest BCUT2D eigenvalue weighted by Crippen LogP contribution is -2.46. The molecule has 0 saturated carbocycles. The Morgan fingerprint density at radius 1 is 1.38 bits per heavy atom. The van der Waals surface area contributed by atoms with E-state index in [0.717, 1.165) is 11.3 Å². The summed E-state index contributed by atoms with van der Waals surface area (Å²) in [6.07, 6.45) is -3.49. The molecular formula is C18H27F3N4O. The number of para-hydroxylation sites is 1. The van der Waals surface area contributed by atoms with Gasteiger partial charge in [-0.1, -0.05) is 25.1 Å². The average Bonchev–Trinajstić information content (AvgIpc) is 3.03. The number of nitrogens with one attached hydrogen (secondary N) is 2. The van der Waals surface area contributed by atoms with Crippen molar-refractivity contribution in [2.24, 2.45) is 4.99 Å². The normalized spacial score (nSPS) is 20.1. The van der Waals surface area contributed by atoms with Crippen LogP contribution >= 0.6 is 0 Å². The third kappa shape index (κ3) is 6.09. The topological polar surface area (TPSA) is 48.9 Å². The standard InChI is InChI=1S/C18H27F3N4O/c1-13(15-6-4-5-7-16(15)26-3)10-23-17(22-2)24-14-8-9-25(11-14)12-18(19,20)21/h4-7,13-14H,8-12H2,1-3H3,(H2,22,23,24). The van der Waals surface area contributed by atoms with Gasteiger partial charge in [0.15, 0.2) is 5.96 Å². The molecule has 2 atom stereocenters. The molecule has 2 unspecified atom stereocenters. The van der Waals surface area contributed by atoms with Gasteiger partial charge in [0.2, 0.25) is 0 Å². The number of likely N-dealkylation sites (tertiary alicyclic amines) is 1. The first kappa shape index (κ1) is 20.4. The molecule has 5 nitrogen and oxygen atoms in total. The quantitative estimate of drug-likeness (QED) is 0.595.